The Kier molecular flexibility index (Phi) is 1.65. The van der Waals surface area contributed by atoms with E-state index in [9.17, 15) is 4.39 Å². The highest BCUT2D eigenvalue weighted by atomic mass is 19.1. The van der Waals surface area contributed by atoms with Crippen molar-refractivity contribution in [3.8, 4) is 0 Å². The van der Waals surface area contributed by atoms with E-state index in [1.54, 1.807) is 0 Å². The molecule has 0 amide bonds. The largest absolute Gasteiger partial charge is 0.297 e. The van der Waals surface area contributed by atoms with Gasteiger partial charge in [-0.15, -0.1) is 0 Å². The van der Waals surface area contributed by atoms with Crippen LogP contribution in [0, 0.1) is 0 Å². The van der Waals surface area contributed by atoms with Gasteiger partial charge in [0.2, 0.25) is 0 Å². The van der Waals surface area contributed by atoms with E-state index in [1.807, 2.05) is 0 Å². The lowest BCUT2D eigenvalue weighted by Crippen LogP contribution is -2.34. The summed E-state index contributed by atoms with van der Waals surface area (Å²) in [7, 11) is 0. The molecule has 2 atom stereocenters. The fourth-order valence-corrected chi connectivity index (χ4v) is 2.19. The van der Waals surface area contributed by atoms with Crippen molar-refractivity contribution in [3.63, 3.8) is 0 Å². The summed E-state index contributed by atoms with van der Waals surface area (Å²) >= 11 is 0. The molecule has 0 aliphatic carbocycles. The van der Waals surface area contributed by atoms with Crippen LogP contribution < -0.4 is 0 Å². The monoisotopic (exact) mass is 143 g/mol. The lowest BCUT2D eigenvalue weighted by atomic mass is 10.0. The van der Waals surface area contributed by atoms with Crippen molar-refractivity contribution in [1.29, 1.82) is 0 Å². The predicted octanol–water partition coefficient (Wildman–Crippen LogP) is 1.58. The maximum atomic E-state index is 12.8. The lowest BCUT2D eigenvalue weighted by Gasteiger charge is -2.28. The van der Waals surface area contributed by atoms with Gasteiger partial charge in [0.05, 0.1) is 0 Å². The molecule has 1 nitrogen and oxygen atoms in total. The summed E-state index contributed by atoms with van der Waals surface area (Å²) in [6.07, 6.45) is 4.11. The first-order chi connectivity index (χ1) is 4.86. The van der Waals surface area contributed by atoms with Gasteiger partial charge in [-0.2, -0.15) is 0 Å². The molecule has 2 rings (SSSR count). The number of fused-ring (bicyclic) bond motifs is 1. The fourth-order valence-electron chi connectivity index (χ4n) is 2.19. The van der Waals surface area contributed by atoms with Crippen molar-refractivity contribution in [2.75, 3.05) is 13.1 Å². The summed E-state index contributed by atoms with van der Waals surface area (Å²) in [6, 6.07) is 0.601. The molecule has 58 valence electrons. The molecule has 0 aromatic rings. The van der Waals surface area contributed by atoms with Gasteiger partial charge in [-0.05, 0) is 25.8 Å². The number of piperidine rings is 1. The van der Waals surface area contributed by atoms with Crippen LogP contribution in [0.15, 0.2) is 0 Å². The van der Waals surface area contributed by atoms with Gasteiger partial charge in [-0.1, -0.05) is 6.42 Å². The molecule has 2 aliphatic rings. The van der Waals surface area contributed by atoms with E-state index in [0.29, 0.717) is 12.6 Å². The van der Waals surface area contributed by atoms with Crippen LogP contribution in [-0.2, 0) is 0 Å². The number of hydrogen-bond donors (Lipinski definition) is 0. The van der Waals surface area contributed by atoms with Gasteiger partial charge in [0.25, 0.3) is 0 Å². The first-order valence-electron chi connectivity index (χ1n) is 4.24. The van der Waals surface area contributed by atoms with Gasteiger partial charge in [0.15, 0.2) is 0 Å². The minimum atomic E-state index is -0.525. The minimum absolute atomic E-state index is 0.525. The average molecular weight is 143 g/mol. The summed E-state index contributed by atoms with van der Waals surface area (Å²) < 4.78 is 12.8. The van der Waals surface area contributed by atoms with Gasteiger partial charge in [0, 0.05) is 12.6 Å². The fraction of sp³-hybridized carbons (Fsp3) is 1.00. The third-order valence-corrected chi connectivity index (χ3v) is 2.71. The van der Waals surface area contributed by atoms with Crippen molar-refractivity contribution < 1.29 is 4.39 Å². The normalized spacial score (nSPS) is 41.7. The quantitative estimate of drug-likeness (QED) is 0.497. The summed E-state index contributed by atoms with van der Waals surface area (Å²) in [6.45, 7) is 1.86. The second-order valence-corrected chi connectivity index (χ2v) is 3.48. The molecular formula is C8H14FN. The predicted molar refractivity (Wildman–Crippen MR) is 38.7 cm³/mol. The highest BCUT2D eigenvalue weighted by Gasteiger charge is 2.32. The van der Waals surface area contributed by atoms with Crippen LogP contribution in [0.4, 0.5) is 4.39 Å². The molecule has 10 heavy (non-hydrogen) atoms. The smallest absolute Gasteiger partial charge is 0.114 e. The average Bonchev–Trinajstić information content (AvgIpc) is 2.27. The van der Waals surface area contributed by atoms with E-state index in [4.69, 9.17) is 0 Å². The standard InChI is InChI=1S/C8H14FN/c9-7-5-8-3-1-2-4-10(8)6-7/h7-8H,1-6H2. The molecule has 2 heterocycles. The number of halogens is 1. The van der Waals surface area contributed by atoms with Gasteiger partial charge in [-0.3, -0.25) is 4.90 Å². The van der Waals surface area contributed by atoms with Gasteiger partial charge in [0.1, 0.15) is 6.17 Å². The maximum absolute atomic E-state index is 12.8. The Bertz CT molecular complexity index is 112. The van der Waals surface area contributed by atoms with Crippen LogP contribution in [-0.4, -0.2) is 30.2 Å². The van der Waals surface area contributed by atoms with Crippen LogP contribution in [0.25, 0.3) is 0 Å². The zero-order valence-corrected chi connectivity index (χ0v) is 6.22. The van der Waals surface area contributed by atoms with Gasteiger partial charge < -0.3 is 0 Å². The molecule has 2 saturated heterocycles. The zero-order valence-electron chi connectivity index (χ0n) is 6.22. The lowest BCUT2D eigenvalue weighted by molar-refractivity contribution is 0.194. The summed E-state index contributed by atoms with van der Waals surface area (Å²) in [5, 5.41) is 0. The molecule has 2 fully saturated rings. The van der Waals surface area contributed by atoms with Crippen molar-refractivity contribution in [2.24, 2.45) is 0 Å². The maximum Gasteiger partial charge on any atom is 0.114 e. The van der Waals surface area contributed by atoms with Crippen LogP contribution in [0.5, 0.6) is 0 Å². The number of nitrogens with zero attached hydrogens (tertiary/aromatic N) is 1. The van der Waals surface area contributed by atoms with Crippen LogP contribution in [0.3, 0.4) is 0 Å². The Morgan fingerprint density at radius 3 is 3.00 bits per heavy atom. The number of alkyl halides is 1. The second-order valence-electron chi connectivity index (χ2n) is 3.48. The number of rotatable bonds is 0. The summed E-state index contributed by atoms with van der Waals surface area (Å²) in [5.74, 6) is 0. The van der Waals surface area contributed by atoms with E-state index >= 15 is 0 Å². The SMILES string of the molecule is FC1CC2CCCCN2C1. The minimum Gasteiger partial charge on any atom is -0.297 e. The van der Waals surface area contributed by atoms with E-state index in [2.05, 4.69) is 4.90 Å². The highest BCUT2D eigenvalue weighted by molar-refractivity contribution is 4.87. The summed E-state index contributed by atoms with van der Waals surface area (Å²) in [5.41, 5.74) is 0. The Hall–Kier alpha value is -0.110. The Morgan fingerprint density at radius 1 is 1.30 bits per heavy atom. The number of hydrogen-bond acceptors (Lipinski definition) is 1. The molecule has 2 unspecified atom stereocenters. The Labute approximate surface area is 61.2 Å². The topological polar surface area (TPSA) is 3.24 Å². The Balaban J connectivity index is 1.97. The van der Waals surface area contributed by atoms with E-state index in [0.717, 1.165) is 13.0 Å². The molecule has 0 radical (unpaired) electrons. The van der Waals surface area contributed by atoms with Gasteiger partial charge in [-0.25, -0.2) is 4.39 Å². The Morgan fingerprint density at radius 2 is 2.20 bits per heavy atom. The molecule has 2 heteroatoms. The molecule has 0 aromatic heterocycles. The molecule has 2 aliphatic heterocycles. The van der Waals surface area contributed by atoms with Gasteiger partial charge >= 0.3 is 0 Å². The van der Waals surface area contributed by atoms with Crippen LogP contribution in [0.2, 0.25) is 0 Å². The van der Waals surface area contributed by atoms with E-state index < -0.39 is 6.17 Å². The molecule has 0 aromatic carbocycles. The first kappa shape index (κ1) is 6.59. The first-order valence-corrected chi connectivity index (χ1v) is 4.24. The zero-order chi connectivity index (χ0) is 6.97. The second kappa shape index (κ2) is 2.50. The third-order valence-electron chi connectivity index (χ3n) is 2.71. The third kappa shape index (κ3) is 1.05. The molecule has 0 N–H and O–H groups in total. The van der Waals surface area contributed by atoms with Crippen molar-refractivity contribution in [3.05, 3.63) is 0 Å². The van der Waals surface area contributed by atoms with E-state index in [-0.39, 0.29) is 0 Å². The van der Waals surface area contributed by atoms with Crippen molar-refractivity contribution in [2.45, 2.75) is 37.9 Å². The molecular weight excluding hydrogens is 129 g/mol. The van der Waals surface area contributed by atoms with E-state index in [1.165, 1.54) is 19.3 Å². The highest BCUT2D eigenvalue weighted by Crippen LogP contribution is 2.27. The van der Waals surface area contributed by atoms with Crippen LogP contribution >= 0.6 is 0 Å². The summed E-state index contributed by atoms with van der Waals surface area (Å²) in [4.78, 5) is 2.31. The molecule has 0 saturated carbocycles. The molecule has 0 bridgehead atoms. The van der Waals surface area contributed by atoms with Crippen molar-refractivity contribution in [1.82, 2.24) is 4.90 Å². The van der Waals surface area contributed by atoms with Crippen LogP contribution in [0.1, 0.15) is 25.7 Å². The molecule has 0 spiro atoms. The van der Waals surface area contributed by atoms with Crippen molar-refractivity contribution >= 4 is 0 Å².